The molecule has 0 aromatic heterocycles. The summed E-state index contributed by atoms with van der Waals surface area (Å²) in [7, 11) is 2.37. The molecule has 0 saturated carbocycles. The molecule has 13 heteroatoms. The van der Waals surface area contributed by atoms with Crippen LogP contribution in [0.25, 0.3) is 0 Å². The third kappa shape index (κ3) is 23.3. The van der Waals surface area contributed by atoms with Crippen molar-refractivity contribution in [2.24, 2.45) is 5.73 Å². The molecule has 0 saturated heterocycles. The average molecular weight is 680 g/mol. The second kappa shape index (κ2) is 28.5. The molecule has 12 nitrogen and oxygen atoms in total. The van der Waals surface area contributed by atoms with E-state index in [0.29, 0.717) is 12.8 Å². The van der Waals surface area contributed by atoms with Crippen molar-refractivity contribution in [3.8, 4) is 0 Å². The van der Waals surface area contributed by atoms with Gasteiger partial charge in [-0.2, -0.15) is 0 Å². The minimum absolute atomic E-state index is 0.000503. The Balaban J connectivity index is 5.56. The molecule has 47 heavy (non-hydrogen) atoms. The summed E-state index contributed by atoms with van der Waals surface area (Å²) in [5.74, 6) is -2.81. The van der Waals surface area contributed by atoms with Crippen molar-refractivity contribution in [3.05, 3.63) is 61.3 Å². The Hall–Kier alpha value is -3.68. The molecule has 0 rings (SSSR count). The number of rotatable bonds is 26. The van der Waals surface area contributed by atoms with Crippen LogP contribution in [0.4, 0.5) is 0 Å². The molecule has 5 N–H and O–H groups in total. The molecule has 0 spiro atoms. The van der Waals surface area contributed by atoms with E-state index < -0.39 is 53.7 Å². The van der Waals surface area contributed by atoms with Crippen LogP contribution < -0.4 is 16.4 Å². The van der Waals surface area contributed by atoms with Crippen LogP contribution in [0.5, 0.6) is 0 Å². The maximum atomic E-state index is 13.0. The number of aliphatic hydroxyl groups excluding tert-OH is 1. The highest BCUT2D eigenvalue weighted by Gasteiger charge is 2.26. The molecular formula is C34H53N3O9S. The number of hydrogen-bond acceptors (Lipinski definition) is 11. The summed E-state index contributed by atoms with van der Waals surface area (Å²) in [5, 5.41) is 15.6. The second-order valence-electron chi connectivity index (χ2n) is 10.3. The molecule has 4 atom stereocenters. The van der Waals surface area contributed by atoms with Crippen LogP contribution in [-0.4, -0.2) is 91.4 Å². The lowest BCUT2D eigenvalue weighted by Crippen LogP contribution is -2.50. The van der Waals surface area contributed by atoms with Crippen molar-refractivity contribution < 1.29 is 43.3 Å². The standard InChI is InChI=1S/C34H53N3O9S/c1-5-7-8-9-10-11-12-13-14-15-16-17-20-29(28(38)19-18-21-31(40)46-6-2)47-25-27(33(42)36-24-32(41)44-3)37-30(39)23-22-26(35)34(43)45-4/h5,10-11,13-17,20,26-29,38H,1,6-9,12,18-19,21-25,35H2,2-4H3,(H,36,42)(H,37,39)/b11-10-,14-13-,16-15+,20-17+/t26-,27-,28-,29+/m0/s1. The van der Waals surface area contributed by atoms with Gasteiger partial charge < -0.3 is 35.7 Å². The first-order valence-electron chi connectivity index (χ1n) is 15.8. The number of aliphatic hydroxyl groups is 1. The van der Waals surface area contributed by atoms with E-state index in [0.717, 1.165) is 25.7 Å². The monoisotopic (exact) mass is 679 g/mol. The number of thioether (sulfide) groups is 1. The van der Waals surface area contributed by atoms with Gasteiger partial charge in [0.05, 0.1) is 26.9 Å². The van der Waals surface area contributed by atoms with Gasteiger partial charge in [-0.25, -0.2) is 0 Å². The molecule has 2 amide bonds. The molecule has 0 heterocycles. The predicted octanol–water partition coefficient (Wildman–Crippen LogP) is 3.21. The van der Waals surface area contributed by atoms with Gasteiger partial charge >= 0.3 is 17.9 Å². The first-order valence-corrected chi connectivity index (χ1v) is 16.8. The van der Waals surface area contributed by atoms with E-state index in [2.05, 4.69) is 38.8 Å². The van der Waals surface area contributed by atoms with Gasteiger partial charge in [-0.3, -0.25) is 24.0 Å². The first kappa shape index (κ1) is 43.3. The minimum Gasteiger partial charge on any atom is -0.468 e. The Morgan fingerprint density at radius 3 is 2.34 bits per heavy atom. The van der Waals surface area contributed by atoms with E-state index in [1.54, 1.807) is 19.1 Å². The topological polar surface area (TPSA) is 183 Å². The lowest BCUT2D eigenvalue weighted by molar-refractivity contribution is -0.144. The molecular weight excluding hydrogens is 626 g/mol. The van der Waals surface area contributed by atoms with Crippen LogP contribution in [0.2, 0.25) is 0 Å². The number of allylic oxidation sites excluding steroid dienone is 8. The number of methoxy groups -OCH3 is 2. The third-order valence-corrected chi connectivity index (χ3v) is 7.86. The second-order valence-corrected chi connectivity index (χ2v) is 11.5. The number of hydrogen-bond donors (Lipinski definition) is 4. The number of unbranched alkanes of at least 4 members (excludes halogenated alkanes) is 2. The minimum atomic E-state index is -1.09. The summed E-state index contributed by atoms with van der Waals surface area (Å²) >= 11 is 1.22. The highest BCUT2D eigenvalue weighted by atomic mass is 32.2. The van der Waals surface area contributed by atoms with Gasteiger partial charge in [-0.05, 0) is 51.9 Å². The van der Waals surface area contributed by atoms with E-state index in [9.17, 15) is 29.1 Å². The molecule has 0 aliphatic rings. The fraction of sp³-hybridized carbons (Fsp3) is 0.559. The summed E-state index contributed by atoms with van der Waals surface area (Å²) in [6.07, 6.45) is 21.0. The SMILES string of the molecule is C=CCCC/C=C\C\C=C/C=C/C=C/[C@@H](SC[C@H](NC(=O)CC[C@H](N)C(=O)OC)C(=O)NCC(=O)OC)[C@@H](O)CCCC(=O)OCC. The van der Waals surface area contributed by atoms with Gasteiger partial charge in [0.25, 0.3) is 0 Å². The highest BCUT2D eigenvalue weighted by molar-refractivity contribution is 8.00. The fourth-order valence-electron chi connectivity index (χ4n) is 3.85. The first-order chi connectivity index (χ1) is 22.6. The molecule has 0 aromatic rings. The average Bonchev–Trinajstić information content (AvgIpc) is 3.06. The van der Waals surface area contributed by atoms with Gasteiger partial charge in [0.2, 0.25) is 11.8 Å². The van der Waals surface area contributed by atoms with Crippen LogP contribution in [0.15, 0.2) is 61.3 Å². The fourth-order valence-corrected chi connectivity index (χ4v) is 5.06. The number of carbonyl (C=O) groups is 5. The van der Waals surface area contributed by atoms with Crippen LogP contribution in [0, 0.1) is 0 Å². The van der Waals surface area contributed by atoms with Crippen LogP contribution >= 0.6 is 11.8 Å². The molecule has 0 unspecified atom stereocenters. The zero-order valence-electron chi connectivity index (χ0n) is 27.9. The molecule has 0 radical (unpaired) electrons. The van der Waals surface area contributed by atoms with E-state index in [4.69, 9.17) is 10.5 Å². The van der Waals surface area contributed by atoms with Gasteiger partial charge in [-0.15, -0.1) is 18.3 Å². The van der Waals surface area contributed by atoms with Crippen molar-refractivity contribution in [3.63, 3.8) is 0 Å². The third-order valence-electron chi connectivity index (χ3n) is 6.48. The summed E-state index contributed by atoms with van der Waals surface area (Å²) in [5.41, 5.74) is 5.72. The Labute approximate surface area is 283 Å². The van der Waals surface area contributed by atoms with Crippen molar-refractivity contribution in [1.29, 1.82) is 0 Å². The summed E-state index contributed by atoms with van der Waals surface area (Å²) in [6.45, 7) is 5.31. The van der Waals surface area contributed by atoms with Crippen molar-refractivity contribution >= 4 is 41.5 Å². The van der Waals surface area contributed by atoms with E-state index in [1.807, 2.05) is 30.4 Å². The Kier molecular flexibility index (Phi) is 26.3. The Morgan fingerprint density at radius 2 is 1.66 bits per heavy atom. The van der Waals surface area contributed by atoms with Crippen LogP contribution in [0.1, 0.15) is 64.7 Å². The number of esters is 3. The molecule has 0 aliphatic carbocycles. The normalized spacial score (nSPS) is 14.1. The van der Waals surface area contributed by atoms with E-state index >= 15 is 0 Å². The lowest BCUT2D eigenvalue weighted by Gasteiger charge is -2.23. The number of nitrogens with two attached hydrogens (primary N) is 1. The number of amides is 2. The molecule has 0 aliphatic heterocycles. The van der Waals surface area contributed by atoms with E-state index in [1.165, 1.54) is 26.0 Å². The van der Waals surface area contributed by atoms with Crippen molar-refractivity contribution in [2.75, 3.05) is 33.1 Å². The Bertz CT molecular complexity index is 1080. The zero-order valence-corrected chi connectivity index (χ0v) is 28.7. The highest BCUT2D eigenvalue weighted by Crippen LogP contribution is 2.22. The summed E-state index contributed by atoms with van der Waals surface area (Å²) in [6, 6.07) is -2.09. The van der Waals surface area contributed by atoms with Gasteiger partial charge in [0.15, 0.2) is 0 Å². The molecule has 0 aromatic carbocycles. The summed E-state index contributed by atoms with van der Waals surface area (Å²) in [4.78, 5) is 60.6. The van der Waals surface area contributed by atoms with Gasteiger partial charge in [0.1, 0.15) is 18.6 Å². The van der Waals surface area contributed by atoms with Gasteiger partial charge in [-0.1, -0.05) is 54.7 Å². The number of carbonyl (C=O) groups excluding carboxylic acids is 5. The largest absolute Gasteiger partial charge is 0.468 e. The number of nitrogens with one attached hydrogen (secondary N) is 2. The number of ether oxygens (including phenoxy) is 3. The molecule has 0 bridgehead atoms. The van der Waals surface area contributed by atoms with E-state index in [-0.39, 0.29) is 37.6 Å². The van der Waals surface area contributed by atoms with Crippen LogP contribution in [0.3, 0.4) is 0 Å². The zero-order chi connectivity index (χ0) is 35.3. The smallest absolute Gasteiger partial charge is 0.325 e. The van der Waals surface area contributed by atoms with Gasteiger partial charge in [0, 0.05) is 23.8 Å². The molecule has 0 fully saturated rings. The van der Waals surface area contributed by atoms with Crippen LogP contribution in [-0.2, 0) is 38.2 Å². The maximum absolute atomic E-state index is 13.0. The van der Waals surface area contributed by atoms with Crippen molar-refractivity contribution in [2.45, 2.75) is 88.1 Å². The molecule has 264 valence electrons. The summed E-state index contributed by atoms with van der Waals surface area (Å²) < 4.78 is 14.1. The van der Waals surface area contributed by atoms with Crippen molar-refractivity contribution in [1.82, 2.24) is 10.6 Å². The predicted molar refractivity (Wildman–Crippen MR) is 184 cm³/mol. The Morgan fingerprint density at radius 1 is 0.915 bits per heavy atom. The maximum Gasteiger partial charge on any atom is 0.325 e. The quantitative estimate of drug-likeness (QED) is 0.0346. The lowest BCUT2D eigenvalue weighted by atomic mass is 10.1.